The van der Waals surface area contributed by atoms with E-state index in [0.717, 1.165) is 26.9 Å². The van der Waals surface area contributed by atoms with Crippen molar-refractivity contribution in [3.63, 3.8) is 0 Å². The van der Waals surface area contributed by atoms with Crippen molar-refractivity contribution in [2.24, 2.45) is 0 Å². The lowest BCUT2D eigenvalue weighted by Gasteiger charge is -2.10. The van der Waals surface area contributed by atoms with E-state index in [1.165, 1.54) is 6.33 Å². The molecule has 4 rings (SSSR count). The third-order valence-corrected chi connectivity index (χ3v) is 6.19. The molecule has 35 heavy (non-hydrogen) atoms. The minimum Gasteiger partial charge on any atom is -0.348 e. The van der Waals surface area contributed by atoms with Crippen LogP contribution in [-0.4, -0.2) is 26.0 Å². The first-order valence-electron chi connectivity index (χ1n) is 11.4. The molecule has 0 bridgehead atoms. The average molecular weight is 472 g/mol. The maximum Gasteiger partial charge on any atom is 0.291 e. The summed E-state index contributed by atoms with van der Waals surface area (Å²) >= 11 is 0. The van der Waals surface area contributed by atoms with Gasteiger partial charge < -0.3 is 10.6 Å². The van der Waals surface area contributed by atoms with E-state index in [1.807, 2.05) is 63.2 Å². The summed E-state index contributed by atoms with van der Waals surface area (Å²) in [4.78, 5) is 38.9. The molecule has 0 atom stereocenters. The normalized spacial score (nSPS) is 11.0. The quantitative estimate of drug-likeness (QED) is 0.449. The highest BCUT2D eigenvalue weighted by Gasteiger charge is 2.22. The van der Waals surface area contributed by atoms with Crippen LogP contribution in [0.4, 0.5) is 5.69 Å². The first-order chi connectivity index (χ1) is 16.7. The van der Waals surface area contributed by atoms with Crippen LogP contribution in [0, 0.1) is 34.6 Å². The molecule has 0 radical (unpaired) electrons. The van der Waals surface area contributed by atoms with E-state index in [2.05, 4.69) is 15.7 Å². The van der Waals surface area contributed by atoms with Crippen molar-refractivity contribution >= 4 is 23.0 Å². The lowest BCUT2D eigenvalue weighted by Crippen LogP contribution is -2.31. The highest BCUT2D eigenvalue weighted by Crippen LogP contribution is 2.20. The summed E-state index contributed by atoms with van der Waals surface area (Å²) in [6, 6.07) is 13.7. The SMILES string of the molecule is Cc1ccc(CNC(=O)c2c(C)c3c(=O)n(CC(=O)Nc4ccc(C)cc4C)ncn3c2C)cc1. The Morgan fingerprint density at radius 2 is 1.63 bits per heavy atom. The van der Waals surface area contributed by atoms with Gasteiger partial charge in [-0.15, -0.1) is 0 Å². The van der Waals surface area contributed by atoms with E-state index < -0.39 is 5.56 Å². The van der Waals surface area contributed by atoms with Crippen molar-refractivity contribution in [1.82, 2.24) is 19.5 Å². The molecule has 2 aromatic heterocycles. The highest BCUT2D eigenvalue weighted by atomic mass is 16.2. The fourth-order valence-corrected chi connectivity index (χ4v) is 4.26. The third-order valence-electron chi connectivity index (χ3n) is 6.19. The van der Waals surface area contributed by atoms with Crippen LogP contribution in [-0.2, 0) is 17.9 Å². The first kappa shape index (κ1) is 23.9. The Hall–Kier alpha value is -4.20. The number of nitrogens with zero attached hydrogens (tertiary/aromatic N) is 3. The first-order valence-corrected chi connectivity index (χ1v) is 11.4. The number of hydrogen-bond donors (Lipinski definition) is 2. The second-order valence-electron chi connectivity index (χ2n) is 8.93. The van der Waals surface area contributed by atoms with Crippen molar-refractivity contribution in [2.75, 3.05) is 5.32 Å². The number of carbonyl (C=O) groups is 2. The molecular formula is C27H29N5O3. The van der Waals surface area contributed by atoms with Gasteiger partial charge in [0.25, 0.3) is 11.5 Å². The lowest BCUT2D eigenvalue weighted by atomic mass is 10.1. The fraction of sp³-hybridized carbons (Fsp3) is 0.259. The number of rotatable bonds is 6. The molecule has 4 aromatic rings. The van der Waals surface area contributed by atoms with E-state index in [1.54, 1.807) is 18.2 Å². The van der Waals surface area contributed by atoms with Gasteiger partial charge in [-0.25, -0.2) is 4.68 Å². The van der Waals surface area contributed by atoms with Gasteiger partial charge in [-0.3, -0.25) is 18.8 Å². The average Bonchev–Trinajstić information content (AvgIpc) is 3.07. The van der Waals surface area contributed by atoms with Crippen LogP contribution in [0.15, 0.2) is 53.6 Å². The zero-order valence-electron chi connectivity index (χ0n) is 20.6. The summed E-state index contributed by atoms with van der Waals surface area (Å²) in [5, 5.41) is 9.95. The largest absolute Gasteiger partial charge is 0.348 e. The number of benzene rings is 2. The van der Waals surface area contributed by atoms with Gasteiger partial charge >= 0.3 is 0 Å². The predicted molar refractivity (Wildman–Crippen MR) is 136 cm³/mol. The van der Waals surface area contributed by atoms with E-state index in [0.29, 0.717) is 34.6 Å². The summed E-state index contributed by atoms with van der Waals surface area (Å²) in [6.07, 6.45) is 1.47. The zero-order chi connectivity index (χ0) is 25.3. The maximum absolute atomic E-state index is 13.2. The molecule has 8 nitrogen and oxygen atoms in total. The Labute approximate surface area is 203 Å². The topological polar surface area (TPSA) is 97.5 Å². The minimum absolute atomic E-state index is 0.235. The molecule has 2 N–H and O–H groups in total. The Morgan fingerprint density at radius 1 is 0.943 bits per heavy atom. The summed E-state index contributed by atoms with van der Waals surface area (Å²) in [6.45, 7) is 9.57. The number of fused-ring (bicyclic) bond motifs is 1. The summed E-state index contributed by atoms with van der Waals surface area (Å²) < 4.78 is 2.73. The van der Waals surface area contributed by atoms with E-state index >= 15 is 0 Å². The number of amides is 2. The molecule has 8 heteroatoms. The van der Waals surface area contributed by atoms with Crippen molar-refractivity contribution in [2.45, 2.75) is 47.7 Å². The summed E-state index contributed by atoms with van der Waals surface area (Å²) in [5.74, 6) is -0.615. The monoisotopic (exact) mass is 471 g/mol. The van der Waals surface area contributed by atoms with E-state index in [4.69, 9.17) is 0 Å². The zero-order valence-corrected chi connectivity index (χ0v) is 20.6. The Bertz CT molecular complexity index is 1500. The molecule has 180 valence electrons. The maximum atomic E-state index is 13.2. The summed E-state index contributed by atoms with van der Waals surface area (Å²) in [5.41, 5.74) is 6.38. The molecule has 2 aromatic carbocycles. The Morgan fingerprint density at radius 3 is 2.31 bits per heavy atom. The standard InChI is InChI=1S/C27H29N5O3/c1-16-6-9-21(10-7-16)13-28-26(34)24-19(4)25-27(35)32(29-15-31(25)20(24)5)14-23(33)30-22-11-8-17(2)12-18(22)3/h6-12,15H,13-14H2,1-5H3,(H,28,34)(H,30,33). The van der Waals surface area contributed by atoms with Crippen LogP contribution in [0.1, 0.15) is 43.9 Å². The van der Waals surface area contributed by atoms with Gasteiger partial charge in [0.1, 0.15) is 18.4 Å². The number of anilines is 1. The van der Waals surface area contributed by atoms with Crippen molar-refractivity contribution in [3.8, 4) is 0 Å². The molecule has 2 heterocycles. The minimum atomic E-state index is -0.429. The van der Waals surface area contributed by atoms with Gasteiger partial charge in [-0.05, 0) is 57.4 Å². The fourth-order valence-electron chi connectivity index (χ4n) is 4.26. The molecule has 0 spiro atoms. The molecule has 0 aliphatic heterocycles. The van der Waals surface area contributed by atoms with Crippen LogP contribution in [0.5, 0.6) is 0 Å². The number of carbonyl (C=O) groups excluding carboxylic acids is 2. The second kappa shape index (κ2) is 9.58. The van der Waals surface area contributed by atoms with Crippen LogP contribution in [0.3, 0.4) is 0 Å². The highest BCUT2D eigenvalue weighted by molar-refractivity contribution is 5.99. The van der Waals surface area contributed by atoms with Crippen LogP contribution in [0.2, 0.25) is 0 Å². The molecule has 0 unspecified atom stereocenters. The van der Waals surface area contributed by atoms with Gasteiger partial charge in [0.2, 0.25) is 5.91 Å². The number of nitrogens with one attached hydrogen (secondary N) is 2. The van der Waals surface area contributed by atoms with Crippen molar-refractivity contribution in [1.29, 1.82) is 0 Å². The van der Waals surface area contributed by atoms with Gasteiger partial charge in [-0.1, -0.05) is 47.5 Å². The Kier molecular flexibility index (Phi) is 6.55. The number of aryl methyl sites for hydroxylation is 5. The smallest absolute Gasteiger partial charge is 0.291 e. The molecule has 2 amide bonds. The van der Waals surface area contributed by atoms with Crippen LogP contribution >= 0.6 is 0 Å². The van der Waals surface area contributed by atoms with Gasteiger partial charge in [0.15, 0.2) is 0 Å². The molecule has 0 fully saturated rings. The molecular weight excluding hydrogens is 442 g/mol. The molecule has 0 aliphatic rings. The molecule has 0 aliphatic carbocycles. The predicted octanol–water partition coefficient (Wildman–Crippen LogP) is 3.61. The Balaban J connectivity index is 1.57. The van der Waals surface area contributed by atoms with Gasteiger partial charge in [0, 0.05) is 17.9 Å². The van der Waals surface area contributed by atoms with E-state index in [-0.39, 0.29) is 18.4 Å². The molecule has 0 saturated heterocycles. The van der Waals surface area contributed by atoms with Crippen molar-refractivity contribution < 1.29 is 9.59 Å². The second-order valence-corrected chi connectivity index (χ2v) is 8.93. The third kappa shape index (κ3) is 4.87. The summed E-state index contributed by atoms with van der Waals surface area (Å²) in [7, 11) is 0. The van der Waals surface area contributed by atoms with Crippen LogP contribution in [0.25, 0.3) is 5.52 Å². The molecule has 0 saturated carbocycles. The van der Waals surface area contributed by atoms with Crippen LogP contribution < -0.4 is 16.2 Å². The van der Waals surface area contributed by atoms with Gasteiger partial charge in [0.05, 0.1) is 5.56 Å². The van der Waals surface area contributed by atoms with Gasteiger partial charge in [-0.2, -0.15) is 5.10 Å². The van der Waals surface area contributed by atoms with Crippen molar-refractivity contribution in [3.05, 3.63) is 98.2 Å². The van der Waals surface area contributed by atoms with E-state index in [9.17, 15) is 14.4 Å². The number of hydrogen-bond acceptors (Lipinski definition) is 4. The lowest BCUT2D eigenvalue weighted by molar-refractivity contribution is -0.117. The number of aromatic nitrogens is 3.